The monoisotopic (exact) mass is 375 g/mol. The van der Waals surface area contributed by atoms with Crippen LogP contribution in [0.3, 0.4) is 0 Å². The molecule has 138 valence electrons. The number of ketones is 1. The van der Waals surface area contributed by atoms with Crippen LogP contribution in [0.25, 0.3) is 0 Å². The number of furan rings is 1. The van der Waals surface area contributed by atoms with Gasteiger partial charge in [-0.1, -0.05) is 41.9 Å². The van der Waals surface area contributed by atoms with Gasteiger partial charge >= 0.3 is 0 Å². The maximum atomic E-state index is 12.9. The molecule has 0 saturated heterocycles. The Morgan fingerprint density at radius 1 is 1.19 bits per heavy atom. The Kier molecular flexibility index (Phi) is 5.51. The van der Waals surface area contributed by atoms with Gasteiger partial charge in [0.1, 0.15) is 16.7 Å². The van der Waals surface area contributed by atoms with Gasteiger partial charge < -0.3 is 19.2 Å². The molecule has 1 aromatic heterocycles. The Bertz CT molecular complexity index is 808. The van der Waals surface area contributed by atoms with Gasteiger partial charge in [0.2, 0.25) is 5.79 Å². The van der Waals surface area contributed by atoms with Gasteiger partial charge in [-0.05, 0) is 25.0 Å². The second-order valence-corrected chi connectivity index (χ2v) is 6.53. The van der Waals surface area contributed by atoms with E-state index in [2.05, 4.69) is 17.4 Å². The van der Waals surface area contributed by atoms with Crippen molar-refractivity contribution in [3.63, 3.8) is 0 Å². The molecule has 6 heteroatoms. The normalized spacial score (nSPS) is 19.2. The third-order valence-electron chi connectivity index (χ3n) is 4.80. The lowest BCUT2D eigenvalue weighted by Crippen LogP contribution is -2.45. The van der Waals surface area contributed by atoms with Gasteiger partial charge in [-0.3, -0.25) is 4.79 Å². The summed E-state index contributed by atoms with van der Waals surface area (Å²) in [6, 6.07) is 11.8. The van der Waals surface area contributed by atoms with Crippen molar-refractivity contribution in [3.8, 4) is 0 Å². The van der Waals surface area contributed by atoms with Gasteiger partial charge in [-0.25, -0.2) is 0 Å². The molecular weight excluding hydrogens is 354 g/mol. The number of allylic oxidation sites excluding steroid dienone is 1. The van der Waals surface area contributed by atoms with Gasteiger partial charge in [0, 0.05) is 26.3 Å². The van der Waals surface area contributed by atoms with E-state index in [0.717, 1.165) is 6.42 Å². The second kappa shape index (κ2) is 7.66. The van der Waals surface area contributed by atoms with Crippen molar-refractivity contribution >= 4 is 17.4 Å². The van der Waals surface area contributed by atoms with E-state index in [1.54, 1.807) is 19.3 Å². The van der Waals surface area contributed by atoms with E-state index in [1.807, 2.05) is 18.2 Å². The average Bonchev–Trinajstić information content (AvgIpc) is 3.16. The zero-order valence-corrected chi connectivity index (χ0v) is 15.8. The standard InChI is InChI=1S/C20H22ClNO4/c1-13-15(10-12-26-13)16-18(23)17(21)19(20(16,24-2)25-3)22-11-9-14-7-5-4-6-8-14/h4-8,10,12,16,22H,9,11H2,1-3H3. The number of rotatable bonds is 7. The highest BCUT2D eigenvalue weighted by Gasteiger charge is 2.56. The van der Waals surface area contributed by atoms with Gasteiger partial charge in [0.15, 0.2) is 5.78 Å². The summed E-state index contributed by atoms with van der Waals surface area (Å²) < 4.78 is 16.8. The number of nitrogens with one attached hydrogen (secondary N) is 1. The van der Waals surface area contributed by atoms with Crippen molar-refractivity contribution in [1.82, 2.24) is 5.32 Å². The van der Waals surface area contributed by atoms with E-state index >= 15 is 0 Å². The summed E-state index contributed by atoms with van der Waals surface area (Å²) >= 11 is 6.39. The zero-order chi connectivity index (χ0) is 18.7. The van der Waals surface area contributed by atoms with Gasteiger partial charge in [0.05, 0.1) is 12.0 Å². The van der Waals surface area contributed by atoms with Crippen LogP contribution in [0.4, 0.5) is 0 Å². The number of carbonyl (C=O) groups excluding carboxylic acids is 1. The first-order valence-corrected chi connectivity index (χ1v) is 8.79. The lowest BCUT2D eigenvalue weighted by atomic mass is 9.90. The molecule has 1 aromatic carbocycles. The highest BCUT2D eigenvalue weighted by Crippen LogP contribution is 2.48. The van der Waals surface area contributed by atoms with Gasteiger partial charge in [-0.2, -0.15) is 0 Å². The van der Waals surface area contributed by atoms with E-state index in [-0.39, 0.29) is 10.8 Å². The van der Waals surface area contributed by atoms with Crippen LogP contribution in [0.2, 0.25) is 0 Å². The first kappa shape index (κ1) is 18.7. The fourth-order valence-electron chi connectivity index (χ4n) is 3.46. The predicted molar refractivity (Wildman–Crippen MR) is 99.0 cm³/mol. The number of hydrogen-bond acceptors (Lipinski definition) is 5. The maximum Gasteiger partial charge on any atom is 0.225 e. The minimum absolute atomic E-state index is 0.104. The molecule has 1 aliphatic rings. The topological polar surface area (TPSA) is 60.7 Å². The molecule has 1 unspecified atom stereocenters. The fourth-order valence-corrected chi connectivity index (χ4v) is 3.77. The quantitative estimate of drug-likeness (QED) is 0.750. The first-order valence-electron chi connectivity index (χ1n) is 8.41. The summed E-state index contributed by atoms with van der Waals surface area (Å²) in [5, 5.41) is 3.36. The van der Waals surface area contributed by atoms with Crippen LogP contribution in [0.1, 0.15) is 22.8 Å². The molecule has 0 saturated carbocycles. The molecular formula is C20H22ClNO4. The summed E-state index contributed by atoms with van der Waals surface area (Å²) in [5.41, 5.74) is 2.34. The van der Waals surface area contributed by atoms with E-state index in [4.69, 9.17) is 25.5 Å². The van der Waals surface area contributed by atoms with Crippen LogP contribution in [0.5, 0.6) is 0 Å². The number of Topliss-reactive ketones (excluding diaryl/α,β-unsaturated/α-hetero) is 1. The Morgan fingerprint density at radius 3 is 2.46 bits per heavy atom. The van der Waals surface area contributed by atoms with E-state index in [0.29, 0.717) is 23.6 Å². The number of halogens is 1. The number of ether oxygens (including phenoxy) is 2. The molecule has 1 aliphatic carbocycles. The summed E-state index contributed by atoms with van der Waals surface area (Å²) in [6.45, 7) is 2.39. The Morgan fingerprint density at radius 2 is 1.88 bits per heavy atom. The Balaban J connectivity index is 1.87. The smallest absolute Gasteiger partial charge is 0.225 e. The number of hydrogen-bond donors (Lipinski definition) is 1. The molecule has 3 rings (SSSR count). The van der Waals surface area contributed by atoms with Crippen LogP contribution in [0, 0.1) is 6.92 Å². The van der Waals surface area contributed by atoms with Crippen LogP contribution in [-0.2, 0) is 20.7 Å². The lowest BCUT2D eigenvalue weighted by molar-refractivity contribution is -0.192. The summed E-state index contributed by atoms with van der Waals surface area (Å²) in [4.78, 5) is 12.9. The Labute approximate surface area is 157 Å². The van der Waals surface area contributed by atoms with E-state index in [1.165, 1.54) is 19.8 Å². The third kappa shape index (κ3) is 3.07. The maximum absolute atomic E-state index is 12.9. The summed E-state index contributed by atoms with van der Waals surface area (Å²) in [6.07, 6.45) is 2.32. The number of benzene rings is 1. The highest BCUT2D eigenvalue weighted by molar-refractivity contribution is 6.45. The minimum Gasteiger partial charge on any atom is -0.469 e. The molecule has 0 spiro atoms. The number of carbonyl (C=O) groups is 1. The summed E-state index contributed by atoms with van der Waals surface area (Å²) in [7, 11) is 3.02. The SMILES string of the molecule is COC1(OC)C(NCCc2ccccc2)=C(Cl)C(=O)C1c1ccoc1C. The van der Waals surface area contributed by atoms with Crippen molar-refractivity contribution in [2.75, 3.05) is 20.8 Å². The predicted octanol–water partition coefficient (Wildman–Crippen LogP) is 3.53. The molecule has 2 aromatic rings. The average molecular weight is 376 g/mol. The molecule has 0 amide bonds. The number of aryl methyl sites for hydroxylation is 1. The van der Waals surface area contributed by atoms with Crippen molar-refractivity contribution < 1.29 is 18.7 Å². The van der Waals surface area contributed by atoms with Crippen molar-refractivity contribution in [3.05, 3.63) is 70.3 Å². The van der Waals surface area contributed by atoms with Gasteiger partial charge in [-0.15, -0.1) is 0 Å². The fraction of sp³-hybridized carbons (Fsp3) is 0.350. The van der Waals surface area contributed by atoms with Crippen LogP contribution in [0.15, 0.2) is 57.8 Å². The van der Waals surface area contributed by atoms with Crippen molar-refractivity contribution in [2.45, 2.75) is 25.0 Å². The van der Waals surface area contributed by atoms with Crippen LogP contribution in [-0.4, -0.2) is 32.3 Å². The molecule has 0 radical (unpaired) electrons. The molecule has 5 nitrogen and oxygen atoms in total. The second-order valence-electron chi connectivity index (χ2n) is 6.16. The van der Waals surface area contributed by atoms with Crippen LogP contribution < -0.4 is 5.32 Å². The zero-order valence-electron chi connectivity index (χ0n) is 15.0. The third-order valence-corrected chi connectivity index (χ3v) is 5.18. The van der Waals surface area contributed by atoms with E-state index in [9.17, 15) is 4.79 Å². The minimum atomic E-state index is -1.31. The molecule has 0 bridgehead atoms. The van der Waals surface area contributed by atoms with Gasteiger partial charge in [0.25, 0.3) is 0 Å². The number of methoxy groups -OCH3 is 2. The Hall–Kier alpha value is -2.08. The molecule has 0 fully saturated rings. The summed E-state index contributed by atoms with van der Waals surface area (Å²) in [5.74, 6) is -1.64. The van der Waals surface area contributed by atoms with Crippen LogP contribution >= 0.6 is 11.6 Å². The molecule has 1 N–H and O–H groups in total. The van der Waals surface area contributed by atoms with Crippen molar-refractivity contribution in [2.24, 2.45) is 0 Å². The highest BCUT2D eigenvalue weighted by atomic mass is 35.5. The molecule has 1 heterocycles. The first-order chi connectivity index (χ1) is 12.5. The molecule has 1 atom stereocenters. The largest absolute Gasteiger partial charge is 0.469 e. The van der Waals surface area contributed by atoms with E-state index < -0.39 is 11.7 Å². The van der Waals surface area contributed by atoms with Crippen molar-refractivity contribution in [1.29, 1.82) is 0 Å². The molecule has 26 heavy (non-hydrogen) atoms. The molecule has 0 aliphatic heterocycles. The lowest BCUT2D eigenvalue weighted by Gasteiger charge is -2.34.